The SMILES string of the molecule is COCC(C)NC(N)=NCCN(C)Cc1ccc(F)cc1. The quantitative estimate of drug-likeness (QED) is 0.559. The van der Waals surface area contributed by atoms with Gasteiger partial charge in [-0.05, 0) is 31.7 Å². The fourth-order valence-electron chi connectivity index (χ4n) is 1.91. The van der Waals surface area contributed by atoms with Gasteiger partial charge in [0.05, 0.1) is 13.2 Å². The first-order valence-electron chi connectivity index (χ1n) is 6.99. The lowest BCUT2D eigenvalue weighted by molar-refractivity contribution is 0.179. The summed E-state index contributed by atoms with van der Waals surface area (Å²) >= 11 is 0. The molecule has 0 heterocycles. The molecule has 1 unspecified atom stereocenters. The number of benzene rings is 1. The minimum atomic E-state index is -0.213. The van der Waals surface area contributed by atoms with E-state index in [1.54, 1.807) is 19.2 Å². The highest BCUT2D eigenvalue weighted by Gasteiger charge is 2.03. The summed E-state index contributed by atoms with van der Waals surface area (Å²) in [5.74, 6) is 0.213. The van der Waals surface area contributed by atoms with Crippen molar-refractivity contribution >= 4 is 5.96 Å². The predicted octanol–water partition coefficient (Wildman–Crippen LogP) is 1.20. The minimum Gasteiger partial charge on any atom is -0.383 e. The van der Waals surface area contributed by atoms with Gasteiger partial charge < -0.3 is 20.7 Å². The number of hydrogen-bond donors (Lipinski definition) is 2. The van der Waals surface area contributed by atoms with Crippen molar-refractivity contribution in [2.75, 3.05) is 33.9 Å². The molecule has 0 saturated carbocycles. The van der Waals surface area contributed by atoms with Gasteiger partial charge in [0.2, 0.25) is 0 Å². The number of hydrogen-bond acceptors (Lipinski definition) is 3. The van der Waals surface area contributed by atoms with Crippen LogP contribution in [0, 0.1) is 5.82 Å². The van der Waals surface area contributed by atoms with Gasteiger partial charge in [-0.15, -0.1) is 0 Å². The molecule has 5 nitrogen and oxygen atoms in total. The highest BCUT2D eigenvalue weighted by atomic mass is 19.1. The number of methoxy groups -OCH3 is 1. The Morgan fingerprint density at radius 2 is 2.10 bits per heavy atom. The van der Waals surface area contributed by atoms with E-state index in [1.165, 1.54) is 12.1 Å². The van der Waals surface area contributed by atoms with Gasteiger partial charge in [0.25, 0.3) is 0 Å². The first-order valence-corrected chi connectivity index (χ1v) is 6.99. The number of ether oxygens (including phenoxy) is 1. The second-order valence-corrected chi connectivity index (χ2v) is 5.13. The Hall–Kier alpha value is -1.66. The summed E-state index contributed by atoms with van der Waals surface area (Å²) in [7, 11) is 3.64. The molecule has 0 aliphatic carbocycles. The van der Waals surface area contributed by atoms with Gasteiger partial charge in [0.15, 0.2) is 5.96 Å². The molecule has 0 fully saturated rings. The van der Waals surface area contributed by atoms with E-state index in [0.29, 0.717) is 19.1 Å². The van der Waals surface area contributed by atoms with Crippen LogP contribution in [0.2, 0.25) is 0 Å². The number of halogens is 1. The Bertz CT molecular complexity index is 436. The summed E-state index contributed by atoms with van der Waals surface area (Å²) in [4.78, 5) is 6.38. The van der Waals surface area contributed by atoms with Crippen LogP contribution in [0.4, 0.5) is 4.39 Å². The van der Waals surface area contributed by atoms with E-state index in [1.807, 2.05) is 14.0 Å². The van der Waals surface area contributed by atoms with Crippen molar-refractivity contribution in [2.24, 2.45) is 10.7 Å². The number of likely N-dealkylation sites (N-methyl/N-ethyl adjacent to an activating group) is 1. The van der Waals surface area contributed by atoms with E-state index in [2.05, 4.69) is 15.2 Å². The third-order valence-corrected chi connectivity index (χ3v) is 2.94. The van der Waals surface area contributed by atoms with Crippen LogP contribution in [0.3, 0.4) is 0 Å². The molecule has 1 rings (SSSR count). The molecule has 0 aliphatic rings. The highest BCUT2D eigenvalue weighted by Crippen LogP contribution is 2.05. The van der Waals surface area contributed by atoms with E-state index in [9.17, 15) is 4.39 Å². The molecule has 1 atom stereocenters. The Balaban J connectivity index is 2.29. The van der Waals surface area contributed by atoms with Crippen LogP contribution in [0.25, 0.3) is 0 Å². The monoisotopic (exact) mass is 296 g/mol. The standard InChI is InChI=1S/C15H25FN4O/c1-12(11-21-3)19-15(17)18-8-9-20(2)10-13-4-6-14(16)7-5-13/h4-7,12H,8-11H2,1-3H3,(H3,17,18,19). The molecule has 1 aromatic carbocycles. The van der Waals surface area contributed by atoms with Crippen LogP contribution in [0.1, 0.15) is 12.5 Å². The van der Waals surface area contributed by atoms with Gasteiger partial charge in [0.1, 0.15) is 5.82 Å². The van der Waals surface area contributed by atoms with Gasteiger partial charge in [-0.1, -0.05) is 12.1 Å². The van der Waals surface area contributed by atoms with E-state index in [0.717, 1.165) is 18.7 Å². The molecule has 0 aromatic heterocycles. The lowest BCUT2D eigenvalue weighted by atomic mass is 10.2. The van der Waals surface area contributed by atoms with Crippen LogP contribution in [0.5, 0.6) is 0 Å². The summed E-state index contributed by atoms with van der Waals surface area (Å²) in [6.07, 6.45) is 0. The van der Waals surface area contributed by atoms with E-state index in [-0.39, 0.29) is 11.9 Å². The molecule has 3 N–H and O–H groups in total. The zero-order chi connectivity index (χ0) is 15.7. The first-order chi connectivity index (χ1) is 10.0. The number of nitrogens with one attached hydrogen (secondary N) is 1. The summed E-state index contributed by atoms with van der Waals surface area (Å²) in [5, 5.41) is 3.05. The summed E-state index contributed by atoms with van der Waals surface area (Å²) in [6.45, 7) is 4.70. The van der Waals surface area contributed by atoms with Crippen LogP contribution in [0.15, 0.2) is 29.3 Å². The van der Waals surface area contributed by atoms with Crippen LogP contribution in [-0.4, -0.2) is 50.8 Å². The van der Waals surface area contributed by atoms with E-state index < -0.39 is 0 Å². The second kappa shape index (κ2) is 9.31. The molecule has 0 aliphatic heterocycles. The maximum Gasteiger partial charge on any atom is 0.188 e. The molecule has 0 spiro atoms. The van der Waals surface area contributed by atoms with Crippen LogP contribution in [-0.2, 0) is 11.3 Å². The number of guanidine groups is 1. The molecule has 0 saturated heterocycles. The fourth-order valence-corrected chi connectivity index (χ4v) is 1.91. The normalized spacial score (nSPS) is 13.5. The Kier molecular flexibility index (Phi) is 7.71. The molecule has 6 heteroatoms. The summed E-state index contributed by atoms with van der Waals surface area (Å²) in [5.41, 5.74) is 6.86. The van der Waals surface area contributed by atoms with Crippen molar-refractivity contribution in [3.63, 3.8) is 0 Å². The van der Waals surface area contributed by atoms with E-state index in [4.69, 9.17) is 10.5 Å². The first kappa shape index (κ1) is 17.4. The third kappa shape index (κ3) is 7.63. The molecular weight excluding hydrogens is 271 g/mol. The molecular formula is C15H25FN4O. The van der Waals surface area contributed by atoms with Crippen molar-refractivity contribution in [1.82, 2.24) is 10.2 Å². The van der Waals surface area contributed by atoms with E-state index >= 15 is 0 Å². The highest BCUT2D eigenvalue weighted by molar-refractivity contribution is 5.78. The average Bonchev–Trinajstić information content (AvgIpc) is 2.41. The largest absolute Gasteiger partial charge is 0.383 e. The zero-order valence-corrected chi connectivity index (χ0v) is 13.0. The second-order valence-electron chi connectivity index (χ2n) is 5.13. The maximum atomic E-state index is 12.8. The minimum absolute atomic E-state index is 0.135. The van der Waals surface area contributed by atoms with Gasteiger partial charge in [-0.2, -0.15) is 0 Å². The van der Waals surface area contributed by atoms with Gasteiger partial charge >= 0.3 is 0 Å². The molecule has 118 valence electrons. The van der Waals surface area contributed by atoms with Crippen LogP contribution >= 0.6 is 0 Å². The number of rotatable bonds is 8. The van der Waals surface area contributed by atoms with Crippen molar-refractivity contribution in [1.29, 1.82) is 0 Å². The van der Waals surface area contributed by atoms with Crippen molar-refractivity contribution in [3.8, 4) is 0 Å². The average molecular weight is 296 g/mol. The van der Waals surface area contributed by atoms with Crippen molar-refractivity contribution in [3.05, 3.63) is 35.6 Å². The third-order valence-electron chi connectivity index (χ3n) is 2.94. The molecule has 0 amide bonds. The topological polar surface area (TPSA) is 62.9 Å². The Morgan fingerprint density at radius 3 is 2.71 bits per heavy atom. The lowest BCUT2D eigenvalue weighted by Gasteiger charge is -2.16. The summed E-state index contributed by atoms with van der Waals surface area (Å²) in [6, 6.07) is 6.66. The number of nitrogens with two attached hydrogens (primary N) is 1. The number of aliphatic imine (C=N–C) groups is 1. The van der Waals surface area contributed by atoms with Crippen molar-refractivity contribution < 1.29 is 9.13 Å². The molecule has 1 aromatic rings. The smallest absolute Gasteiger partial charge is 0.188 e. The molecule has 0 radical (unpaired) electrons. The molecule has 0 bridgehead atoms. The van der Waals surface area contributed by atoms with Gasteiger partial charge in [-0.3, -0.25) is 4.99 Å². The van der Waals surface area contributed by atoms with Gasteiger partial charge in [0, 0.05) is 26.2 Å². The lowest BCUT2D eigenvalue weighted by Crippen LogP contribution is -2.41. The molecule has 21 heavy (non-hydrogen) atoms. The predicted molar refractivity (Wildman–Crippen MR) is 83.7 cm³/mol. The maximum absolute atomic E-state index is 12.8. The van der Waals surface area contributed by atoms with Crippen LogP contribution < -0.4 is 11.1 Å². The Morgan fingerprint density at radius 1 is 1.43 bits per heavy atom. The Labute approximate surface area is 126 Å². The van der Waals surface area contributed by atoms with Crippen molar-refractivity contribution in [2.45, 2.75) is 19.5 Å². The fraction of sp³-hybridized carbons (Fsp3) is 0.533. The summed E-state index contributed by atoms with van der Waals surface area (Å²) < 4.78 is 17.8. The van der Waals surface area contributed by atoms with Gasteiger partial charge in [-0.25, -0.2) is 4.39 Å². The zero-order valence-electron chi connectivity index (χ0n) is 13.0. The number of nitrogens with zero attached hydrogens (tertiary/aromatic N) is 2.